The summed E-state index contributed by atoms with van der Waals surface area (Å²) in [5, 5.41) is 9.73. The summed E-state index contributed by atoms with van der Waals surface area (Å²) in [7, 11) is 1.32. The van der Waals surface area contributed by atoms with Gasteiger partial charge in [0.1, 0.15) is 5.82 Å². The Kier molecular flexibility index (Phi) is 3.39. The third-order valence-corrected chi connectivity index (χ3v) is 3.85. The summed E-state index contributed by atoms with van der Waals surface area (Å²) >= 11 is 0. The minimum absolute atomic E-state index is 0.296. The van der Waals surface area contributed by atoms with Crippen LogP contribution in [0.2, 0.25) is 0 Å². The lowest BCUT2D eigenvalue weighted by atomic mass is 9.76. The van der Waals surface area contributed by atoms with Gasteiger partial charge in [-0.25, -0.2) is 4.39 Å². The first-order valence-electron chi connectivity index (χ1n) is 6.03. The van der Waals surface area contributed by atoms with Crippen LogP contribution in [0.15, 0.2) is 18.2 Å². The van der Waals surface area contributed by atoms with Gasteiger partial charge >= 0.3 is 5.97 Å². The van der Waals surface area contributed by atoms with Crippen molar-refractivity contribution >= 4 is 5.97 Å². The molecule has 0 unspecified atom stereocenters. The molecular formula is C14H17FO3. The van der Waals surface area contributed by atoms with Crippen molar-refractivity contribution in [1.82, 2.24) is 0 Å². The van der Waals surface area contributed by atoms with Crippen LogP contribution in [0, 0.1) is 12.7 Å². The maximum Gasteiger partial charge on any atom is 0.316 e. The van der Waals surface area contributed by atoms with Gasteiger partial charge in [0, 0.05) is 0 Å². The van der Waals surface area contributed by atoms with E-state index in [9.17, 15) is 14.3 Å². The number of aliphatic hydroxyl groups is 1. The first-order chi connectivity index (χ1) is 8.51. The molecule has 0 bridgehead atoms. The summed E-state index contributed by atoms with van der Waals surface area (Å²) in [6.07, 6.45) is 0.784. The molecule has 0 radical (unpaired) electrons. The van der Waals surface area contributed by atoms with E-state index < -0.39 is 17.5 Å². The van der Waals surface area contributed by atoms with Crippen molar-refractivity contribution in [2.24, 2.45) is 0 Å². The van der Waals surface area contributed by atoms with E-state index in [1.165, 1.54) is 13.2 Å². The predicted molar refractivity (Wildman–Crippen MR) is 64.7 cm³/mol. The highest BCUT2D eigenvalue weighted by atomic mass is 19.1. The van der Waals surface area contributed by atoms with Crippen LogP contribution < -0.4 is 0 Å². The van der Waals surface area contributed by atoms with E-state index in [0.717, 1.165) is 0 Å². The average molecular weight is 252 g/mol. The number of methoxy groups -OCH3 is 1. The Hall–Kier alpha value is -1.42. The van der Waals surface area contributed by atoms with E-state index >= 15 is 0 Å². The van der Waals surface area contributed by atoms with Crippen molar-refractivity contribution in [2.45, 2.75) is 37.7 Å². The van der Waals surface area contributed by atoms with Gasteiger partial charge in [-0.15, -0.1) is 0 Å². The molecule has 2 atom stereocenters. The van der Waals surface area contributed by atoms with Crippen molar-refractivity contribution in [3.63, 3.8) is 0 Å². The Morgan fingerprint density at radius 3 is 2.83 bits per heavy atom. The van der Waals surface area contributed by atoms with Crippen molar-refractivity contribution in [3.05, 3.63) is 35.1 Å². The van der Waals surface area contributed by atoms with Gasteiger partial charge in [-0.1, -0.05) is 12.1 Å². The summed E-state index contributed by atoms with van der Waals surface area (Å²) in [5.74, 6) is -0.732. The number of aliphatic hydroxyl groups excluding tert-OH is 1. The molecule has 1 aromatic carbocycles. The van der Waals surface area contributed by atoms with E-state index in [0.29, 0.717) is 30.4 Å². The number of benzene rings is 1. The van der Waals surface area contributed by atoms with Crippen LogP contribution in [0.5, 0.6) is 0 Å². The minimum atomic E-state index is -0.902. The van der Waals surface area contributed by atoms with Crippen LogP contribution >= 0.6 is 0 Å². The molecule has 0 aliphatic heterocycles. The molecule has 98 valence electrons. The molecule has 0 saturated heterocycles. The number of carbonyl (C=O) groups excluding carboxylic acids is 1. The zero-order valence-corrected chi connectivity index (χ0v) is 10.6. The zero-order valence-electron chi connectivity index (χ0n) is 10.6. The van der Waals surface area contributed by atoms with Gasteiger partial charge in [0.05, 0.1) is 18.6 Å². The molecule has 2 rings (SSSR count). The molecule has 0 heterocycles. The zero-order chi connectivity index (χ0) is 13.3. The summed E-state index contributed by atoms with van der Waals surface area (Å²) in [6, 6.07) is 4.70. The van der Waals surface area contributed by atoms with Crippen LogP contribution in [0.3, 0.4) is 0 Å². The second-order valence-corrected chi connectivity index (χ2v) is 4.88. The Bertz CT molecular complexity index is 472. The number of ether oxygens (including phenoxy) is 1. The molecule has 1 aliphatic carbocycles. The van der Waals surface area contributed by atoms with Crippen LogP contribution in [-0.4, -0.2) is 24.3 Å². The molecule has 3 nitrogen and oxygen atoms in total. The van der Waals surface area contributed by atoms with Gasteiger partial charge in [-0.2, -0.15) is 0 Å². The van der Waals surface area contributed by atoms with Crippen molar-refractivity contribution in [3.8, 4) is 0 Å². The van der Waals surface area contributed by atoms with Crippen LogP contribution in [-0.2, 0) is 14.9 Å². The van der Waals surface area contributed by atoms with E-state index in [-0.39, 0.29) is 5.82 Å². The van der Waals surface area contributed by atoms with Gasteiger partial charge in [-0.3, -0.25) is 4.79 Å². The monoisotopic (exact) mass is 252 g/mol. The molecule has 0 aromatic heterocycles. The van der Waals surface area contributed by atoms with Crippen LogP contribution in [0.1, 0.15) is 30.4 Å². The molecule has 1 fully saturated rings. The number of carbonyl (C=O) groups is 1. The van der Waals surface area contributed by atoms with Crippen molar-refractivity contribution < 1.29 is 19.0 Å². The summed E-state index contributed by atoms with van der Waals surface area (Å²) < 4.78 is 18.5. The summed E-state index contributed by atoms with van der Waals surface area (Å²) in [5.41, 5.74) is 0.184. The van der Waals surface area contributed by atoms with Gasteiger partial charge in [0.25, 0.3) is 0 Å². The second kappa shape index (κ2) is 4.69. The standard InChI is InChI=1S/C14H17FO3/c1-9-11(4-3-5-12(9)15)14(13(17)18-2)7-6-10(16)8-14/h3-5,10,16H,6-8H2,1-2H3/t10-,14+/m0/s1. The average Bonchev–Trinajstić information content (AvgIpc) is 2.75. The fourth-order valence-corrected chi connectivity index (χ4v) is 2.88. The number of halogens is 1. The first kappa shape index (κ1) is 13.0. The van der Waals surface area contributed by atoms with Gasteiger partial charge in [0.2, 0.25) is 0 Å². The Labute approximate surface area is 106 Å². The Morgan fingerprint density at radius 1 is 1.56 bits per heavy atom. The highest BCUT2D eigenvalue weighted by Crippen LogP contribution is 2.43. The minimum Gasteiger partial charge on any atom is -0.468 e. The number of esters is 1. The molecule has 1 aromatic rings. The topological polar surface area (TPSA) is 46.5 Å². The number of hydrogen-bond donors (Lipinski definition) is 1. The third-order valence-electron chi connectivity index (χ3n) is 3.85. The predicted octanol–water partition coefficient (Wildman–Crippen LogP) is 2.09. The summed E-state index contributed by atoms with van der Waals surface area (Å²) in [6.45, 7) is 1.65. The largest absolute Gasteiger partial charge is 0.468 e. The molecule has 1 aliphatic rings. The van der Waals surface area contributed by atoms with E-state index in [4.69, 9.17) is 4.74 Å². The normalized spacial score (nSPS) is 27.2. The molecule has 4 heteroatoms. The van der Waals surface area contributed by atoms with E-state index in [1.54, 1.807) is 19.1 Å². The van der Waals surface area contributed by atoms with Gasteiger partial charge < -0.3 is 9.84 Å². The lowest BCUT2D eigenvalue weighted by Gasteiger charge is -2.28. The smallest absolute Gasteiger partial charge is 0.316 e. The molecule has 1 N–H and O–H groups in total. The molecule has 18 heavy (non-hydrogen) atoms. The lowest BCUT2D eigenvalue weighted by Crippen LogP contribution is -2.36. The number of hydrogen-bond acceptors (Lipinski definition) is 3. The quantitative estimate of drug-likeness (QED) is 0.820. The molecule has 0 amide bonds. The Balaban J connectivity index is 2.54. The maximum atomic E-state index is 13.7. The maximum absolute atomic E-state index is 13.7. The summed E-state index contributed by atoms with van der Waals surface area (Å²) in [4.78, 5) is 12.1. The molecule has 0 spiro atoms. The lowest BCUT2D eigenvalue weighted by molar-refractivity contribution is -0.147. The van der Waals surface area contributed by atoms with Crippen molar-refractivity contribution in [2.75, 3.05) is 7.11 Å². The number of rotatable bonds is 2. The fourth-order valence-electron chi connectivity index (χ4n) is 2.88. The fraction of sp³-hybridized carbons (Fsp3) is 0.500. The van der Waals surface area contributed by atoms with E-state index in [1.807, 2.05) is 0 Å². The SMILES string of the molecule is COC(=O)[C@]1(c2cccc(F)c2C)CC[C@H](O)C1. The van der Waals surface area contributed by atoms with Crippen LogP contribution in [0.25, 0.3) is 0 Å². The second-order valence-electron chi connectivity index (χ2n) is 4.88. The van der Waals surface area contributed by atoms with Gasteiger partial charge in [-0.05, 0) is 43.4 Å². The van der Waals surface area contributed by atoms with Gasteiger partial charge in [0.15, 0.2) is 0 Å². The Morgan fingerprint density at radius 2 is 2.28 bits per heavy atom. The van der Waals surface area contributed by atoms with Crippen LogP contribution in [0.4, 0.5) is 4.39 Å². The highest BCUT2D eigenvalue weighted by Gasteiger charge is 2.48. The molecule has 1 saturated carbocycles. The third kappa shape index (κ3) is 1.90. The first-order valence-corrected chi connectivity index (χ1v) is 6.03. The van der Waals surface area contributed by atoms with Crippen molar-refractivity contribution in [1.29, 1.82) is 0 Å². The van der Waals surface area contributed by atoms with E-state index in [2.05, 4.69) is 0 Å². The molecular weight excluding hydrogens is 235 g/mol. The highest BCUT2D eigenvalue weighted by molar-refractivity contribution is 5.84.